The van der Waals surface area contributed by atoms with E-state index in [4.69, 9.17) is 0 Å². The van der Waals surface area contributed by atoms with Crippen LogP contribution in [0.5, 0.6) is 0 Å². The van der Waals surface area contributed by atoms with Crippen molar-refractivity contribution in [2.45, 2.75) is 26.7 Å². The van der Waals surface area contributed by atoms with E-state index in [1.54, 1.807) is 0 Å². The zero-order valence-electron chi connectivity index (χ0n) is 10.5. The molecule has 0 aliphatic heterocycles. The maximum Gasteiger partial charge on any atom is 0.254 e. The number of hydrogen-bond donors (Lipinski definition) is 1. The molecule has 1 amide bonds. The summed E-state index contributed by atoms with van der Waals surface area (Å²) in [6.07, 6.45) is 3.22. The number of carbonyl (C=O) groups is 1. The summed E-state index contributed by atoms with van der Waals surface area (Å²) < 4.78 is 26.2. The maximum absolute atomic E-state index is 13.3. The molecule has 0 atom stereocenters. The minimum Gasteiger partial charge on any atom is -0.351 e. The van der Waals surface area contributed by atoms with Gasteiger partial charge in [0.1, 0.15) is 0 Å². The van der Waals surface area contributed by atoms with Crippen LogP contribution in [0.15, 0.2) is 12.3 Å². The molecular formula is C13H16F2N2O. The third-order valence-electron chi connectivity index (χ3n) is 3.81. The lowest BCUT2D eigenvalue weighted by molar-refractivity contribution is 0.0934. The van der Waals surface area contributed by atoms with E-state index in [1.165, 1.54) is 6.07 Å². The summed E-state index contributed by atoms with van der Waals surface area (Å²) >= 11 is 0. The molecule has 0 aromatic carbocycles. The SMILES string of the molecule is CC(C)C1(CNC(=O)c2ccnc(F)c2F)CC1. The summed E-state index contributed by atoms with van der Waals surface area (Å²) in [6, 6.07) is 1.18. The number of amides is 1. The fourth-order valence-electron chi connectivity index (χ4n) is 2.06. The van der Waals surface area contributed by atoms with Crippen LogP contribution in [0, 0.1) is 23.1 Å². The van der Waals surface area contributed by atoms with Crippen molar-refractivity contribution in [2.75, 3.05) is 6.54 Å². The van der Waals surface area contributed by atoms with Gasteiger partial charge in [0.15, 0.2) is 5.82 Å². The summed E-state index contributed by atoms with van der Waals surface area (Å²) in [6.45, 7) is 4.71. The lowest BCUT2D eigenvalue weighted by Crippen LogP contribution is -2.33. The number of nitrogens with zero attached hydrogens (tertiary/aromatic N) is 1. The van der Waals surface area contributed by atoms with E-state index in [9.17, 15) is 13.6 Å². The number of carbonyl (C=O) groups excluding carboxylic acids is 1. The first-order chi connectivity index (χ1) is 8.46. The molecule has 1 heterocycles. The van der Waals surface area contributed by atoms with Crippen LogP contribution in [0.3, 0.4) is 0 Å². The van der Waals surface area contributed by atoms with E-state index in [0.29, 0.717) is 12.5 Å². The first-order valence-corrected chi connectivity index (χ1v) is 6.04. The lowest BCUT2D eigenvalue weighted by Gasteiger charge is -2.20. The Morgan fingerprint density at radius 1 is 1.50 bits per heavy atom. The molecule has 1 aliphatic rings. The van der Waals surface area contributed by atoms with Gasteiger partial charge in [-0.2, -0.15) is 4.39 Å². The minimum atomic E-state index is -1.24. The van der Waals surface area contributed by atoms with E-state index in [2.05, 4.69) is 24.1 Å². The predicted molar refractivity (Wildman–Crippen MR) is 63.0 cm³/mol. The minimum absolute atomic E-state index is 0.137. The Morgan fingerprint density at radius 3 is 2.72 bits per heavy atom. The Bertz CT molecular complexity index is 470. The standard InChI is InChI=1S/C13H16F2N2O/c1-8(2)13(4-5-13)7-17-12(18)9-3-6-16-11(15)10(9)14/h3,6,8H,4-5,7H2,1-2H3,(H,17,18). The molecule has 1 N–H and O–H groups in total. The highest BCUT2D eigenvalue weighted by Gasteiger charge is 2.45. The van der Waals surface area contributed by atoms with Gasteiger partial charge < -0.3 is 5.32 Å². The molecule has 0 spiro atoms. The topological polar surface area (TPSA) is 42.0 Å². The van der Waals surface area contributed by atoms with Crippen LogP contribution in [-0.2, 0) is 0 Å². The van der Waals surface area contributed by atoms with Gasteiger partial charge >= 0.3 is 0 Å². The average Bonchev–Trinajstić information content (AvgIpc) is 3.11. The zero-order valence-corrected chi connectivity index (χ0v) is 10.5. The van der Waals surface area contributed by atoms with Crippen molar-refractivity contribution in [1.82, 2.24) is 10.3 Å². The van der Waals surface area contributed by atoms with Crippen LogP contribution in [0.4, 0.5) is 8.78 Å². The molecule has 1 aromatic heterocycles. The van der Waals surface area contributed by atoms with Crippen molar-refractivity contribution in [2.24, 2.45) is 11.3 Å². The highest BCUT2D eigenvalue weighted by Crippen LogP contribution is 2.51. The van der Waals surface area contributed by atoms with Gasteiger partial charge in [0.05, 0.1) is 5.56 Å². The van der Waals surface area contributed by atoms with Crippen LogP contribution in [0.1, 0.15) is 37.0 Å². The molecule has 0 saturated heterocycles. The molecule has 0 unspecified atom stereocenters. The molecule has 3 nitrogen and oxygen atoms in total. The molecule has 18 heavy (non-hydrogen) atoms. The Hall–Kier alpha value is -1.52. The Labute approximate surface area is 105 Å². The van der Waals surface area contributed by atoms with Crippen molar-refractivity contribution >= 4 is 5.91 Å². The van der Waals surface area contributed by atoms with Gasteiger partial charge in [0, 0.05) is 12.7 Å². The number of nitrogens with one attached hydrogen (secondary N) is 1. The van der Waals surface area contributed by atoms with Gasteiger partial charge in [-0.3, -0.25) is 4.79 Å². The summed E-state index contributed by atoms with van der Waals surface area (Å²) in [5, 5.41) is 2.68. The van der Waals surface area contributed by atoms with Crippen LogP contribution < -0.4 is 5.32 Å². The van der Waals surface area contributed by atoms with E-state index in [1.807, 2.05) is 0 Å². The molecule has 5 heteroatoms. The smallest absolute Gasteiger partial charge is 0.254 e. The Kier molecular flexibility index (Phi) is 3.32. The maximum atomic E-state index is 13.3. The number of pyridine rings is 1. The summed E-state index contributed by atoms with van der Waals surface area (Å²) in [7, 11) is 0. The summed E-state index contributed by atoms with van der Waals surface area (Å²) in [4.78, 5) is 14.9. The second-order valence-corrected chi connectivity index (χ2v) is 5.16. The monoisotopic (exact) mass is 254 g/mol. The summed E-state index contributed by atoms with van der Waals surface area (Å²) in [5.41, 5.74) is -0.153. The highest BCUT2D eigenvalue weighted by atomic mass is 19.2. The fraction of sp³-hybridized carbons (Fsp3) is 0.538. The molecule has 98 valence electrons. The second kappa shape index (κ2) is 4.63. The van der Waals surface area contributed by atoms with Gasteiger partial charge in [-0.1, -0.05) is 13.8 Å². The molecule has 1 fully saturated rings. The molecule has 0 bridgehead atoms. The highest BCUT2D eigenvalue weighted by molar-refractivity contribution is 5.94. The van der Waals surface area contributed by atoms with Crippen LogP contribution in [0.2, 0.25) is 0 Å². The molecule has 1 aromatic rings. The first-order valence-electron chi connectivity index (χ1n) is 6.04. The van der Waals surface area contributed by atoms with Gasteiger partial charge in [0.2, 0.25) is 5.95 Å². The van der Waals surface area contributed by atoms with Crippen molar-refractivity contribution in [3.8, 4) is 0 Å². The third-order valence-corrected chi connectivity index (χ3v) is 3.81. The van der Waals surface area contributed by atoms with Gasteiger partial charge in [-0.05, 0) is 30.2 Å². The van der Waals surface area contributed by atoms with Crippen LogP contribution in [-0.4, -0.2) is 17.4 Å². The normalized spacial score (nSPS) is 16.7. The zero-order chi connectivity index (χ0) is 13.3. The predicted octanol–water partition coefficient (Wildman–Crippen LogP) is 2.53. The van der Waals surface area contributed by atoms with Crippen molar-refractivity contribution in [1.29, 1.82) is 0 Å². The molecule has 1 aliphatic carbocycles. The van der Waals surface area contributed by atoms with Crippen LogP contribution in [0.25, 0.3) is 0 Å². The molecule has 1 saturated carbocycles. The van der Waals surface area contributed by atoms with Crippen molar-refractivity contribution in [3.63, 3.8) is 0 Å². The van der Waals surface area contributed by atoms with Gasteiger partial charge in [-0.15, -0.1) is 0 Å². The van der Waals surface area contributed by atoms with Crippen molar-refractivity contribution < 1.29 is 13.6 Å². The summed E-state index contributed by atoms with van der Waals surface area (Å²) in [5.74, 6) is -2.55. The number of rotatable bonds is 4. The Morgan fingerprint density at radius 2 is 2.17 bits per heavy atom. The van der Waals surface area contributed by atoms with E-state index < -0.39 is 17.7 Å². The fourth-order valence-corrected chi connectivity index (χ4v) is 2.06. The van der Waals surface area contributed by atoms with Gasteiger partial charge in [-0.25, -0.2) is 9.37 Å². The molecular weight excluding hydrogens is 238 g/mol. The number of halogens is 2. The lowest BCUT2D eigenvalue weighted by atomic mass is 9.92. The molecule has 0 radical (unpaired) electrons. The number of hydrogen-bond acceptors (Lipinski definition) is 2. The van der Waals surface area contributed by atoms with Crippen LogP contribution >= 0.6 is 0 Å². The second-order valence-electron chi connectivity index (χ2n) is 5.16. The van der Waals surface area contributed by atoms with Crippen molar-refractivity contribution in [3.05, 3.63) is 29.6 Å². The van der Waals surface area contributed by atoms with E-state index in [-0.39, 0.29) is 11.0 Å². The van der Waals surface area contributed by atoms with E-state index in [0.717, 1.165) is 19.0 Å². The third kappa shape index (κ3) is 2.35. The number of aromatic nitrogens is 1. The first kappa shape index (κ1) is 12.9. The Balaban J connectivity index is 2.03. The molecule has 2 rings (SSSR count). The van der Waals surface area contributed by atoms with E-state index >= 15 is 0 Å². The van der Waals surface area contributed by atoms with Gasteiger partial charge in [0.25, 0.3) is 5.91 Å². The quantitative estimate of drug-likeness (QED) is 0.839. The largest absolute Gasteiger partial charge is 0.351 e. The average molecular weight is 254 g/mol.